The second-order valence-corrected chi connectivity index (χ2v) is 14.2. The van der Waals surface area contributed by atoms with Crippen LogP contribution in [0.25, 0.3) is 22.3 Å². The number of aromatic nitrogens is 4. The minimum atomic E-state index is -0.448. The number of amides is 1. The third-order valence-corrected chi connectivity index (χ3v) is 9.66. The van der Waals surface area contributed by atoms with Gasteiger partial charge in [-0.25, -0.2) is 19.4 Å². The standard InChI is InChI=1S/C36H46N8O3/c1-36(2,3)47-35(45)42-19-15-27(16-20-42)43-22-25(23-43)21-41-17-13-28(14-18-41)44-34-31(33(37)38-24-39-34)32(40-44)26-9-11-30(12-10-26)46-29-7-5-4-6-8-29/h4-12,24-25,27-28H,13-23H2,1-3H3,(H2,37,38,39). The van der Waals surface area contributed by atoms with Crippen molar-refractivity contribution in [1.82, 2.24) is 34.4 Å². The number of hydrogen-bond donors (Lipinski definition) is 1. The molecule has 11 nitrogen and oxygen atoms in total. The quantitative estimate of drug-likeness (QED) is 0.267. The molecule has 11 heteroatoms. The lowest BCUT2D eigenvalue weighted by Gasteiger charge is -2.48. The molecule has 7 rings (SSSR count). The van der Waals surface area contributed by atoms with Crippen LogP contribution in [-0.2, 0) is 4.74 Å². The van der Waals surface area contributed by atoms with Crippen LogP contribution in [-0.4, -0.2) is 98.0 Å². The lowest BCUT2D eigenvalue weighted by Crippen LogP contribution is -2.58. The molecule has 2 aromatic heterocycles. The Morgan fingerprint density at radius 3 is 2.21 bits per heavy atom. The Kier molecular flexibility index (Phi) is 8.76. The van der Waals surface area contributed by atoms with Gasteiger partial charge in [0.05, 0.1) is 11.4 Å². The summed E-state index contributed by atoms with van der Waals surface area (Å²) in [5.74, 6) is 2.71. The maximum Gasteiger partial charge on any atom is 0.410 e. The summed E-state index contributed by atoms with van der Waals surface area (Å²) < 4.78 is 13.6. The van der Waals surface area contributed by atoms with E-state index in [1.165, 1.54) is 6.33 Å². The number of nitrogens with zero attached hydrogens (tertiary/aromatic N) is 7. The van der Waals surface area contributed by atoms with Crippen molar-refractivity contribution >= 4 is 22.9 Å². The number of para-hydroxylation sites is 1. The van der Waals surface area contributed by atoms with Crippen LogP contribution in [0.2, 0.25) is 0 Å². The Bertz CT molecular complexity index is 1660. The van der Waals surface area contributed by atoms with E-state index in [0.717, 1.165) is 105 Å². The van der Waals surface area contributed by atoms with E-state index in [-0.39, 0.29) is 12.1 Å². The molecule has 0 unspecified atom stereocenters. The maximum absolute atomic E-state index is 12.4. The van der Waals surface area contributed by atoms with Crippen molar-refractivity contribution in [1.29, 1.82) is 0 Å². The van der Waals surface area contributed by atoms with Crippen molar-refractivity contribution < 1.29 is 14.3 Å². The molecule has 5 heterocycles. The minimum Gasteiger partial charge on any atom is -0.457 e. The SMILES string of the molecule is CC(C)(C)OC(=O)N1CCC(N2CC(CN3CCC(n4nc(-c5ccc(Oc6ccccc6)cc5)c5c(N)ncnc54)CC3)C2)CC1. The van der Waals surface area contributed by atoms with E-state index in [2.05, 4.69) is 24.4 Å². The van der Waals surface area contributed by atoms with Gasteiger partial charge in [0.1, 0.15) is 34.9 Å². The summed E-state index contributed by atoms with van der Waals surface area (Å²) in [4.78, 5) is 28.5. The van der Waals surface area contributed by atoms with Crippen LogP contribution in [0.4, 0.5) is 10.6 Å². The maximum atomic E-state index is 12.4. The van der Waals surface area contributed by atoms with Crippen molar-refractivity contribution in [2.24, 2.45) is 5.92 Å². The molecular formula is C36H46N8O3. The fraction of sp³-hybridized carbons (Fsp3) is 0.500. The molecule has 2 aromatic carbocycles. The molecule has 2 N–H and O–H groups in total. The van der Waals surface area contributed by atoms with Gasteiger partial charge in [-0.15, -0.1) is 0 Å². The van der Waals surface area contributed by atoms with E-state index in [1.807, 2.05) is 80.3 Å². The minimum absolute atomic E-state index is 0.181. The number of fused-ring (bicyclic) bond motifs is 1. The molecule has 0 atom stereocenters. The van der Waals surface area contributed by atoms with Crippen LogP contribution < -0.4 is 10.5 Å². The van der Waals surface area contributed by atoms with Gasteiger partial charge < -0.3 is 25.0 Å². The molecule has 3 fully saturated rings. The summed E-state index contributed by atoms with van der Waals surface area (Å²) >= 11 is 0. The first-order chi connectivity index (χ1) is 22.7. The number of nitrogen functional groups attached to an aromatic ring is 1. The normalized spacial score (nSPS) is 19.2. The van der Waals surface area contributed by atoms with Gasteiger partial charge in [-0.05, 0) is 88.8 Å². The molecule has 248 valence electrons. The van der Waals surface area contributed by atoms with E-state index < -0.39 is 5.60 Å². The van der Waals surface area contributed by atoms with Gasteiger partial charge in [-0.3, -0.25) is 4.90 Å². The largest absolute Gasteiger partial charge is 0.457 e. The van der Waals surface area contributed by atoms with Crippen molar-refractivity contribution in [3.8, 4) is 22.8 Å². The predicted molar refractivity (Wildman–Crippen MR) is 182 cm³/mol. The van der Waals surface area contributed by atoms with Crippen LogP contribution in [0, 0.1) is 5.92 Å². The second-order valence-electron chi connectivity index (χ2n) is 14.2. The second kappa shape index (κ2) is 13.1. The summed E-state index contributed by atoms with van der Waals surface area (Å²) in [6.45, 7) is 12.8. The van der Waals surface area contributed by atoms with E-state index in [9.17, 15) is 4.79 Å². The number of hydrogen-bond acceptors (Lipinski definition) is 9. The highest BCUT2D eigenvalue weighted by atomic mass is 16.6. The summed E-state index contributed by atoms with van der Waals surface area (Å²) in [5.41, 5.74) is 8.52. The highest BCUT2D eigenvalue weighted by Crippen LogP contribution is 2.36. The van der Waals surface area contributed by atoms with E-state index in [4.69, 9.17) is 20.3 Å². The van der Waals surface area contributed by atoms with Gasteiger partial charge in [0.2, 0.25) is 0 Å². The third kappa shape index (κ3) is 7.06. The molecule has 4 aromatic rings. The number of carbonyl (C=O) groups excluding carboxylic acids is 1. The zero-order valence-electron chi connectivity index (χ0n) is 27.7. The Labute approximate surface area is 276 Å². The lowest BCUT2D eigenvalue weighted by atomic mass is 9.92. The molecule has 0 aliphatic carbocycles. The number of likely N-dealkylation sites (tertiary alicyclic amines) is 3. The monoisotopic (exact) mass is 638 g/mol. The lowest BCUT2D eigenvalue weighted by molar-refractivity contribution is -0.0113. The molecule has 3 aliphatic rings. The first-order valence-electron chi connectivity index (χ1n) is 17.0. The number of rotatable bonds is 7. The molecular weight excluding hydrogens is 592 g/mol. The van der Waals surface area contributed by atoms with E-state index >= 15 is 0 Å². The number of ether oxygens (including phenoxy) is 2. The molecule has 0 saturated carbocycles. The first-order valence-corrected chi connectivity index (χ1v) is 17.0. The van der Waals surface area contributed by atoms with E-state index in [0.29, 0.717) is 17.8 Å². The molecule has 47 heavy (non-hydrogen) atoms. The van der Waals surface area contributed by atoms with Gasteiger partial charge >= 0.3 is 6.09 Å². The molecule has 0 bridgehead atoms. The first kappa shape index (κ1) is 31.4. The Morgan fingerprint density at radius 1 is 0.872 bits per heavy atom. The predicted octanol–water partition coefficient (Wildman–Crippen LogP) is 5.84. The number of piperidine rings is 2. The van der Waals surface area contributed by atoms with Gasteiger partial charge in [-0.2, -0.15) is 5.10 Å². The fourth-order valence-electron chi connectivity index (χ4n) is 7.23. The molecule has 1 amide bonds. The Balaban J connectivity index is 0.925. The van der Waals surface area contributed by atoms with Crippen molar-refractivity contribution in [2.75, 3.05) is 51.5 Å². The Morgan fingerprint density at radius 2 is 1.53 bits per heavy atom. The molecule has 0 radical (unpaired) electrons. The molecule has 3 saturated heterocycles. The number of benzene rings is 2. The van der Waals surface area contributed by atoms with Crippen LogP contribution in [0.3, 0.4) is 0 Å². The average molecular weight is 639 g/mol. The molecule has 3 aliphatic heterocycles. The van der Waals surface area contributed by atoms with Crippen LogP contribution in [0.1, 0.15) is 52.5 Å². The van der Waals surface area contributed by atoms with Crippen LogP contribution >= 0.6 is 0 Å². The van der Waals surface area contributed by atoms with Crippen molar-refractivity contribution in [3.63, 3.8) is 0 Å². The zero-order valence-corrected chi connectivity index (χ0v) is 27.7. The number of nitrogens with two attached hydrogens (primary N) is 1. The summed E-state index contributed by atoms with van der Waals surface area (Å²) in [5, 5.41) is 5.91. The van der Waals surface area contributed by atoms with Gasteiger partial charge in [0.25, 0.3) is 0 Å². The number of anilines is 1. The topological polar surface area (TPSA) is 115 Å². The number of carbonyl (C=O) groups is 1. The summed E-state index contributed by atoms with van der Waals surface area (Å²) in [6, 6.07) is 18.5. The van der Waals surface area contributed by atoms with Crippen molar-refractivity contribution in [2.45, 2.75) is 64.1 Å². The van der Waals surface area contributed by atoms with Gasteiger partial charge in [0.15, 0.2) is 5.65 Å². The van der Waals surface area contributed by atoms with Gasteiger partial charge in [0, 0.05) is 57.4 Å². The highest BCUT2D eigenvalue weighted by molar-refractivity contribution is 5.98. The third-order valence-electron chi connectivity index (χ3n) is 9.66. The molecule has 0 spiro atoms. The summed E-state index contributed by atoms with van der Waals surface area (Å²) in [7, 11) is 0. The fourth-order valence-corrected chi connectivity index (χ4v) is 7.23. The van der Waals surface area contributed by atoms with E-state index in [1.54, 1.807) is 0 Å². The highest BCUT2D eigenvalue weighted by Gasteiger charge is 2.37. The Hall–Kier alpha value is -4.22. The summed E-state index contributed by atoms with van der Waals surface area (Å²) in [6.07, 6.45) is 5.44. The average Bonchev–Trinajstić information content (AvgIpc) is 3.44. The zero-order chi connectivity index (χ0) is 32.5. The van der Waals surface area contributed by atoms with Crippen molar-refractivity contribution in [3.05, 3.63) is 60.9 Å². The smallest absolute Gasteiger partial charge is 0.410 e. The van der Waals surface area contributed by atoms with Crippen LogP contribution in [0.5, 0.6) is 11.5 Å². The van der Waals surface area contributed by atoms with Crippen LogP contribution in [0.15, 0.2) is 60.9 Å². The van der Waals surface area contributed by atoms with Gasteiger partial charge in [-0.1, -0.05) is 18.2 Å².